The van der Waals surface area contributed by atoms with Crippen LogP contribution in [0.5, 0.6) is 0 Å². The third-order valence-corrected chi connectivity index (χ3v) is 8.42. The fraction of sp³-hybridized carbons (Fsp3) is 0.647. The predicted octanol–water partition coefficient (Wildman–Crippen LogP) is -2.15. The number of nitrogens with two attached hydrogens (primary N) is 1. The molecule has 5 rings (SSSR count). The second kappa shape index (κ2) is 5.71. The lowest BCUT2D eigenvalue weighted by Crippen LogP contribution is -2.79. The number of carbonyl (C=O) groups is 4. The van der Waals surface area contributed by atoms with Crippen molar-refractivity contribution in [2.75, 3.05) is 25.4 Å². The Labute approximate surface area is 160 Å². The quantitative estimate of drug-likeness (QED) is 0.310. The van der Waals surface area contributed by atoms with Crippen LogP contribution in [0.4, 0.5) is 0 Å². The zero-order valence-electron chi connectivity index (χ0n) is 15.0. The fourth-order valence-electron chi connectivity index (χ4n) is 5.08. The van der Waals surface area contributed by atoms with E-state index in [-0.39, 0.29) is 11.6 Å². The number of fused-ring (bicyclic) bond motifs is 4. The lowest BCUT2D eigenvalue weighted by molar-refractivity contribution is -0.909. The summed E-state index contributed by atoms with van der Waals surface area (Å²) in [5.41, 5.74) is 4.63. The summed E-state index contributed by atoms with van der Waals surface area (Å²) in [6, 6.07) is 0. The number of carboxylic acids is 1. The van der Waals surface area contributed by atoms with Gasteiger partial charge in [-0.1, -0.05) is 0 Å². The van der Waals surface area contributed by atoms with E-state index in [1.165, 1.54) is 16.7 Å². The second-order valence-electron chi connectivity index (χ2n) is 8.10. The largest absolute Gasteiger partial charge is 0.543 e. The first-order valence-corrected chi connectivity index (χ1v) is 10.0. The van der Waals surface area contributed by atoms with Gasteiger partial charge >= 0.3 is 0 Å². The maximum Gasteiger partial charge on any atom is 0.256 e. The molecule has 5 aliphatic rings. The number of aliphatic carboxylic acids is 1. The number of piperidine rings is 3. The Balaban J connectivity index is 1.70. The molecule has 9 nitrogen and oxygen atoms in total. The van der Waals surface area contributed by atoms with Gasteiger partial charge in [0.1, 0.15) is 22.3 Å². The Morgan fingerprint density at radius 2 is 1.93 bits per heavy atom. The van der Waals surface area contributed by atoms with Crippen molar-refractivity contribution in [3.05, 3.63) is 11.4 Å². The highest BCUT2D eigenvalue weighted by Gasteiger charge is 2.64. The van der Waals surface area contributed by atoms with Gasteiger partial charge in [0.05, 0.1) is 36.8 Å². The molecule has 5 aliphatic heterocycles. The zero-order valence-corrected chi connectivity index (χ0v) is 15.8. The Bertz CT molecular complexity index is 772. The lowest BCUT2D eigenvalue weighted by atomic mass is 9.69. The summed E-state index contributed by atoms with van der Waals surface area (Å²) in [6.07, 6.45) is 2.34. The van der Waals surface area contributed by atoms with E-state index in [0.29, 0.717) is 61.2 Å². The third-order valence-electron chi connectivity index (χ3n) is 6.99. The SMILES string of the molecule is C[C@@]1(NC=O)C(=O)N2C(C(=O)[O-])=C([N+]34CCC(C(N)=O)(CC3)CC4)CS[C@H]21. The van der Waals surface area contributed by atoms with Gasteiger partial charge in [-0.25, -0.2) is 0 Å². The third kappa shape index (κ3) is 2.22. The van der Waals surface area contributed by atoms with Gasteiger partial charge in [-0.15, -0.1) is 11.8 Å². The van der Waals surface area contributed by atoms with Crippen LogP contribution in [-0.2, 0) is 19.2 Å². The molecule has 0 spiro atoms. The molecule has 4 saturated heterocycles. The van der Waals surface area contributed by atoms with Gasteiger partial charge in [0, 0.05) is 19.3 Å². The normalized spacial score (nSPS) is 40.3. The van der Waals surface area contributed by atoms with E-state index < -0.39 is 28.2 Å². The monoisotopic (exact) mass is 394 g/mol. The van der Waals surface area contributed by atoms with Gasteiger partial charge in [0.15, 0.2) is 0 Å². The number of thioether (sulfide) groups is 1. The second-order valence-corrected chi connectivity index (χ2v) is 9.16. The van der Waals surface area contributed by atoms with Crippen LogP contribution in [0.3, 0.4) is 0 Å². The number of nitrogens with zero attached hydrogens (tertiary/aromatic N) is 2. The molecule has 5 heterocycles. The van der Waals surface area contributed by atoms with Crippen molar-refractivity contribution >= 4 is 36.0 Å². The number of primary amides is 1. The van der Waals surface area contributed by atoms with Gasteiger partial charge in [-0.3, -0.25) is 23.8 Å². The molecule has 0 aromatic heterocycles. The zero-order chi connectivity index (χ0) is 19.6. The van der Waals surface area contributed by atoms with Crippen molar-refractivity contribution in [3.8, 4) is 0 Å². The number of carboxylic acid groups (broad SMARTS) is 1. The van der Waals surface area contributed by atoms with Crippen LogP contribution in [0.15, 0.2) is 11.4 Å². The van der Waals surface area contributed by atoms with Gasteiger partial charge in [0.25, 0.3) is 5.91 Å². The Hall–Kier alpha value is -2.07. The number of carbonyl (C=O) groups excluding carboxylic acids is 4. The van der Waals surface area contributed by atoms with Crippen molar-refractivity contribution in [2.24, 2.45) is 11.1 Å². The summed E-state index contributed by atoms with van der Waals surface area (Å²) in [7, 11) is 0. The molecule has 2 atom stereocenters. The highest BCUT2D eigenvalue weighted by Crippen LogP contribution is 2.52. The van der Waals surface area contributed by atoms with Crippen LogP contribution in [0.2, 0.25) is 0 Å². The minimum absolute atomic E-state index is 0.0672. The first-order valence-electron chi connectivity index (χ1n) is 8.98. The van der Waals surface area contributed by atoms with E-state index >= 15 is 0 Å². The number of hydrogen-bond acceptors (Lipinski definition) is 6. The summed E-state index contributed by atoms with van der Waals surface area (Å²) in [4.78, 5) is 48.7. The van der Waals surface area contributed by atoms with Crippen molar-refractivity contribution in [3.63, 3.8) is 0 Å². The molecule has 3 amide bonds. The van der Waals surface area contributed by atoms with Gasteiger partial charge < -0.3 is 21.0 Å². The van der Waals surface area contributed by atoms with Crippen LogP contribution in [0, 0.1) is 5.41 Å². The van der Waals surface area contributed by atoms with Crippen LogP contribution >= 0.6 is 11.8 Å². The number of hydrogen-bond donors (Lipinski definition) is 2. The molecule has 0 aromatic carbocycles. The Morgan fingerprint density at radius 3 is 2.41 bits per heavy atom. The van der Waals surface area contributed by atoms with Crippen LogP contribution in [0.1, 0.15) is 26.2 Å². The summed E-state index contributed by atoms with van der Waals surface area (Å²) in [5, 5.41) is 14.1. The fourth-order valence-corrected chi connectivity index (χ4v) is 6.66. The van der Waals surface area contributed by atoms with Crippen molar-refractivity contribution < 1.29 is 28.8 Å². The summed E-state index contributed by atoms with van der Waals surface area (Å²) in [5.74, 6) is -1.65. The van der Waals surface area contributed by atoms with Crippen molar-refractivity contribution in [2.45, 2.75) is 37.1 Å². The maximum absolute atomic E-state index is 12.7. The molecule has 4 fully saturated rings. The average Bonchev–Trinajstić information content (AvgIpc) is 2.67. The summed E-state index contributed by atoms with van der Waals surface area (Å²) < 4.78 is 0.472. The van der Waals surface area contributed by atoms with E-state index in [2.05, 4.69) is 5.32 Å². The molecule has 2 bridgehead atoms. The number of rotatable bonds is 5. The highest BCUT2D eigenvalue weighted by molar-refractivity contribution is 8.00. The Kier molecular flexibility index (Phi) is 3.87. The van der Waals surface area contributed by atoms with E-state index in [1.54, 1.807) is 6.92 Å². The van der Waals surface area contributed by atoms with Crippen molar-refractivity contribution in [1.29, 1.82) is 0 Å². The lowest BCUT2D eigenvalue weighted by Gasteiger charge is -2.59. The first kappa shape index (κ1) is 18.3. The first-order chi connectivity index (χ1) is 12.7. The minimum Gasteiger partial charge on any atom is -0.543 e. The molecule has 146 valence electrons. The number of nitrogens with one attached hydrogen (secondary N) is 1. The topological polar surface area (TPSA) is 133 Å². The molecule has 0 aromatic rings. The molecular formula is C17H22N4O5S. The van der Waals surface area contributed by atoms with E-state index in [4.69, 9.17) is 5.73 Å². The van der Waals surface area contributed by atoms with Crippen LogP contribution in [-0.4, -0.2) is 69.9 Å². The average molecular weight is 394 g/mol. The van der Waals surface area contributed by atoms with Crippen LogP contribution in [0.25, 0.3) is 0 Å². The smallest absolute Gasteiger partial charge is 0.256 e. The Morgan fingerprint density at radius 1 is 1.33 bits per heavy atom. The molecule has 0 aliphatic carbocycles. The number of amides is 3. The van der Waals surface area contributed by atoms with Crippen LogP contribution < -0.4 is 16.2 Å². The predicted molar refractivity (Wildman–Crippen MR) is 93.1 cm³/mol. The molecule has 0 saturated carbocycles. The van der Waals surface area contributed by atoms with E-state index in [1.807, 2.05) is 0 Å². The molecular weight excluding hydrogens is 372 g/mol. The number of quaternary nitrogens is 1. The highest BCUT2D eigenvalue weighted by atomic mass is 32.2. The van der Waals surface area contributed by atoms with Gasteiger partial charge in [-0.05, 0) is 6.92 Å². The summed E-state index contributed by atoms with van der Waals surface area (Å²) in [6.45, 7) is 3.50. The molecule has 0 radical (unpaired) electrons. The standard InChI is InChI=1S/C17H22N4O5S/c1-16(19-9-22)14(26)20-11(12(23)24)10(8-27-15(16)20)21-5-2-17(3-6-21,4-7-21)13(18)25/h9,15H,2-8H2,1H3,(H3-,18,19,22,23,24,25)/t15-,16+,17?,21?/m0/s1. The van der Waals surface area contributed by atoms with Crippen molar-refractivity contribution in [1.82, 2.24) is 10.2 Å². The summed E-state index contributed by atoms with van der Waals surface area (Å²) >= 11 is 1.45. The molecule has 27 heavy (non-hydrogen) atoms. The molecule has 3 N–H and O–H groups in total. The minimum atomic E-state index is -1.37. The van der Waals surface area contributed by atoms with Gasteiger partial charge in [-0.2, -0.15) is 0 Å². The maximum atomic E-state index is 12.7. The van der Waals surface area contributed by atoms with E-state index in [0.717, 1.165) is 0 Å². The van der Waals surface area contributed by atoms with Gasteiger partial charge in [0.2, 0.25) is 12.3 Å². The number of β-lactam (4-membered cyclic amide) rings is 1. The molecule has 0 unspecified atom stereocenters. The van der Waals surface area contributed by atoms with E-state index in [9.17, 15) is 24.3 Å². The molecule has 10 heteroatoms.